The lowest BCUT2D eigenvalue weighted by atomic mass is 9.94. The van der Waals surface area contributed by atoms with E-state index in [1.165, 1.54) is 12.0 Å². The van der Waals surface area contributed by atoms with Crippen LogP contribution in [0.2, 0.25) is 0 Å². The number of methoxy groups -OCH3 is 1. The lowest BCUT2D eigenvalue weighted by molar-refractivity contribution is 0.0546. The van der Waals surface area contributed by atoms with Crippen LogP contribution < -0.4 is 4.74 Å². The van der Waals surface area contributed by atoms with Crippen LogP contribution in [0.5, 0.6) is 5.75 Å². The van der Waals surface area contributed by atoms with Crippen molar-refractivity contribution in [2.45, 2.75) is 17.7 Å². The van der Waals surface area contributed by atoms with Gasteiger partial charge in [0.2, 0.25) is 0 Å². The largest absolute Gasteiger partial charge is 0.490 e. The predicted octanol–water partition coefficient (Wildman–Crippen LogP) is 4.34. The van der Waals surface area contributed by atoms with Crippen molar-refractivity contribution in [3.63, 3.8) is 0 Å². The highest BCUT2D eigenvalue weighted by Crippen LogP contribution is 2.38. The summed E-state index contributed by atoms with van der Waals surface area (Å²) in [7, 11) is 1.67. The molecule has 20 heavy (non-hydrogen) atoms. The van der Waals surface area contributed by atoms with Gasteiger partial charge in [-0.05, 0) is 52.4 Å². The van der Waals surface area contributed by atoms with Gasteiger partial charge in [-0.15, -0.1) is 0 Å². The van der Waals surface area contributed by atoms with Crippen LogP contribution in [0.15, 0.2) is 22.7 Å². The van der Waals surface area contributed by atoms with Gasteiger partial charge in [-0.25, -0.2) is 0 Å². The van der Waals surface area contributed by atoms with Crippen molar-refractivity contribution in [1.82, 2.24) is 0 Å². The van der Waals surface area contributed by atoms with Crippen molar-refractivity contribution in [2.24, 2.45) is 5.92 Å². The molecule has 2 atom stereocenters. The van der Waals surface area contributed by atoms with Gasteiger partial charge in [0.25, 0.3) is 0 Å². The summed E-state index contributed by atoms with van der Waals surface area (Å²) in [5.41, 5.74) is 1.26. The number of benzene rings is 1. The summed E-state index contributed by atoms with van der Waals surface area (Å²) in [4.78, 5) is 0.326. The molecule has 0 saturated carbocycles. The van der Waals surface area contributed by atoms with Crippen LogP contribution in [-0.4, -0.2) is 33.5 Å². The number of halogens is 2. The van der Waals surface area contributed by atoms with Crippen molar-refractivity contribution in [1.29, 1.82) is 0 Å². The molecule has 0 spiro atoms. The van der Waals surface area contributed by atoms with Crippen molar-refractivity contribution >= 4 is 31.9 Å². The predicted molar refractivity (Wildman–Crippen MR) is 86.7 cm³/mol. The molecule has 0 radical (unpaired) electrons. The third-order valence-corrected chi connectivity index (χ3v) is 5.32. The van der Waals surface area contributed by atoms with Gasteiger partial charge < -0.3 is 14.2 Å². The number of alkyl halides is 1. The minimum absolute atomic E-state index is 0.326. The zero-order chi connectivity index (χ0) is 14.4. The van der Waals surface area contributed by atoms with E-state index in [-0.39, 0.29) is 0 Å². The number of hydrogen-bond acceptors (Lipinski definition) is 3. The molecule has 0 bridgehead atoms. The Morgan fingerprint density at radius 1 is 1.40 bits per heavy atom. The molecule has 0 N–H and O–H groups in total. The van der Waals surface area contributed by atoms with E-state index >= 15 is 0 Å². The Balaban J connectivity index is 1.99. The van der Waals surface area contributed by atoms with Crippen LogP contribution in [0.3, 0.4) is 0 Å². The molecule has 0 aromatic heterocycles. The SMILES string of the molecule is COCCOc1ccc(C(Br)C2CCCOC2)cc1Br. The summed E-state index contributed by atoms with van der Waals surface area (Å²) in [6.45, 7) is 2.88. The molecule has 1 fully saturated rings. The molecule has 5 heteroatoms. The van der Waals surface area contributed by atoms with Crippen LogP contribution in [0.1, 0.15) is 23.2 Å². The smallest absolute Gasteiger partial charge is 0.133 e. The fraction of sp³-hybridized carbons (Fsp3) is 0.600. The third kappa shape index (κ3) is 4.45. The average Bonchev–Trinajstić information content (AvgIpc) is 2.49. The van der Waals surface area contributed by atoms with Crippen LogP contribution in [0.25, 0.3) is 0 Å². The van der Waals surface area contributed by atoms with E-state index in [0.717, 1.165) is 29.9 Å². The lowest BCUT2D eigenvalue weighted by Crippen LogP contribution is -2.21. The van der Waals surface area contributed by atoms with Gasteiger partial charge in [0.1, 0.15) is 12.4 Å². The average molecular weight is 408 g/mol. The molecule has 1 aromatic rings. The fourth-order valence-corrected chi connectivity index (χ4v) is 3.52. The van der Waals surface area contributed by atoms with Crippen LogP contribution in [-0.2, 0) is 9.47 Å². The van der Waals surface area contributed by atoms with Crippen molar-refractivity contribution in [3.8, 4) is 5.75 Å². The highest BCUT2D eigenvalue weighted by Gasteiger charge is 2.23. The van der Waals surface area contributed by atoms with Gasteiger partial charge in [-0.2, -0.15) is 0 Å². The summed E-state index contributed by atoms with van der Waals surface area (Å²) in [6.07, 6.45) is 2.35. The van der Waals surface area contributed by atoms with Gasteiger partial charge in [0.15, 0.2) is 0 Å². The normalized spacial score (nSPS) is 20.6. The fourth-order valence-electron chi connectivity index (χ4n) is 2.31. The molecule has 0 amide bonds. The maximum atomic E-state index is 5.65. The first-order valence-corrected chi connectivity index (χ1v) is 8.56. The first-order chi connectivity index (χ1) is 9.72. The van der Waals surface area contributed by atoms with E-state index in [9.17, 15) is 0 Å². The molecular formula is C15H20Br2O3. The molecule has 1 heterocycles. The highest BCUT2D eigenvalue weighted by molar-refractivity contribution is 9.10. The van der Waals surface area contributed by atoms with Crippen molar-refractivity contribution in [2.75, 3.05) is 33.5 Å². The topological polar surface area (TPSA) is 27.7 Å². The summed E-state index contributed by atoms with van der Waals surface area (Å²) < 4.78 is 17.2. The molecular weight excluding hydrogens is 388 g/mol. The highest BCUT2D eigenvalue weighted by atomic mass is 79.9. The maximum absolute atomic E-state index is 5.65. The van der Waals surface area contributed by atoms with Crippen LogP contribution >= 0.6 is 31.9 Å². The second kappa shape index (κ2) is 8.37. The molecule has 2 rings (SSSR count). The summed E-state index contributed by atoms with van der Waals surface area (Å²) in [5.74, 6) is 1.39. The Bertz CT molecular complexity index is 420. The molecule has 1 aromatic carbocycles. The van der Waals surface area contributed by atoms with Crippen molar-refractivity contribution < 1.29 is 14.2 Å². The Labute approximate surface area is 137 Å². The zero-order valence-corrected chi connectivity index (χ0v) is 14.8. The van der Waals surface area contributed by atoms with Gasteiger partial charge in [0.05, 0.1) is 17.7 Å². The Hall–Kier alpha value is -0.100. The Morgan fingerprint density at radius 2 is 2.25 bits per heavy atom. The van der Waals surface area contributed by atoms with E-state index in [1.54, 1.807) is 7.11 Å². The Kier molecular flexibility index (Phi) is 6.81. The van der Waals surface area contributed by atoms with E-state index in [4.69, 9.17) is 14.2 Å². The van der Waals surface area contributed by atoms with E-state index in [2.05, 4.69) is 44.0 Å². The minimum Gasteiger partial charge on any atom is -0.490 e. The minimum atomic E-state index is 0.326. The van der Waals surface area contributed by atoms with E-state index < -0.39 is 0 Å². The first-order valence-electron chi connectivity index (χ1n) is 6.85. The van der Waals surface area contributed by atoms with Crippen molar-refractivity contribution in [3.05, 3.63) is 28.2 Å². The summed E-state index contributed by atoms with van der Waals surface area (Å²) in [5, 5.41) is 0. The molecule has 3 nitrogen and oxygen atoms in total. The van der Waals surface area contributed by atoms with Gasteiger partial charge >= 0.3 is 0 Å². The Morgan fingerprint density at radius 3 is 2.90 bits per heavy atom. The summed E-state index contributed by atoms with van der Waals surface area (Å²) >= 11 is 7.38. The lowest BCUT2D eigenvalue weighted by Gasteiger charge is -2.27. The third-order valence-electron chi connectivity index (χ3n) is 3.43. The molecule has 1 aliphatic heterocycles. The van der Waals surface area contributed by atoms with Gasteiger partial charge in [-0.1, -0.05) is 22.0 Å². The van der Waals surface area contributed by atoms with E-state index in [1.807, 2.05) is 6.07 Å². The molecule has 2 unspecified atom stereocenters. The van der Waals surface area contributed by atoms with E-state index in [0.29, 0.717) is 24.0 Å². The zero-order valence-electron chi connectivity index (χ0n) is 11.6. The maximum Gasteiger partial charge on any atom is 0.133 e. The van der Waals surface area contributed by atoms with Crippen LogP contribution in [0, 0.1) is 5.92 Å². The van der Waals surface area contributed by atoms with Crippen LogP contribution in [0.4, 0.5) is 0 Å². The quantitative estimate of drug-likeness (QED) is 0.518. The first kappa shape index (κ1) is 16.3. The molecule has 1 saturated heterocycles. The standard InChI is InChI=1S/C15H20Br2O3/c1-18-7-8-20-14-5-4-11(9-13(14)16)15(17)12-3-2-6-19-10-12/h4-5,9,12,15H,2-3,6-8,10H2,1H3. The molecule has 0 aliphatic carbocycles. The number of ether oxygens (including phenoxy) is 3. The number of rotatable bonds is 6. The second-order valence-electron chi connectivity index (χ2n) is 4.91. The summed E-state index contributed by atoms with van der Waals surface area (Å²) in [6, 6.07) is 6.24. The number of hydrogen-bond donors (Lipinski definition) is 0. The molecule has 1 aliphatic rings. The molecule has 112 valence electrons. The van der Waals surface area contributed by atoms with Gasteiger partial charge in [0, 0.05) is 18.5 Å². The van der Waals surface area contributed by atoms with Gasteiger partial charge in [-0.3, -0.25) is 0 Å². The monoisotopic (exact) mass is 406 g/mol. The second-order valence-corrected chi connectivity index (χ2v) is 6.75.